The molecule has 12 heavy (non-hydrogen) atoms. The normalized spacial score (nSPS) is 12.8. The number of hydrogen-bond donors (Lipinski definition) is 0. The highest BCUT2D eigenvalue weighted by Crippen LogP contribution is 2.29. The lowest BCUT2D eigenvalue weighted by Gasteiger charge is -2.14. The van der Waals surface area contributed by atoms with Crippen LogP contribution in [-0.2, 0) is 18.9 Å². The minimum atomic E-state index is -3.84. The summed E-state index contributed by atoms with van der Waals surface area (Å²) < 4.78 is 35.6. The maximum absolute atomic E-state index is 11.1. The van der Waals surface area contributed by atoms with E-state index in [0.29, 0.717) is 0 Å². The van der Waals surface area contributed by atoms with Gasteiger partial charge in [-0.05, 0) is 13.8 Å². The molecule has 0 rings (SSSR count). The van der Waals surface area contributed by atoms with E-state index >= 15 is 0 Å². The van der Waals surface area contributed by atoms with E-state index in [1.54, 1.807) is 0 Å². The SMILES string of the molecule is C#CCOS(=O)(=O)C(C)(C)P=O. The molecule has 0 radical (unpaired) electrons. The predicted molar refractivity (Wildman–Crippen MR) is 45.4 cm³/mol. The van der Waals surface area contributed by atoms with Gasteiger partial charge in [0, 0.05) is 0 Å². The van der Waals surface area contributed by atoms with Gasteiger partial charge in [-0.15, -0.1) is 6.42 Å². The Bertz CT molecular complexity index is 298. The predicted octanol–water partition coefficient (Wildman–Crippen LogP) is 0.994. The van der Waals surface area contributed by atoms with Gasteiger partial charge in [-0.25, -0.2) is 0 Å². The molecule has 0 bridgehead atoms. The summed E-state index contributed by atoms with van der Waals surface area (Å²) in [5.74, 6) is 2.01. The van der Waals surface area contributed by atoms with Crippen LogP contribution in [0.25, 0.3) is 0 Å². The van der Waals surface area contributed by atoms with Gasteiger partial charge in [0.05, 0.1) is 0 Å². The lowest BCUT2D eigenvalue weighted by Crippen LogP contribution is -2.27. The summed E-state index contributed by atoms with van der Waals surface area (Å²) in [5.41, 5.74) is 0. The van der Waals surface area contributed by atoms with Crippen LogP contribution >= 0.6 is 8.46 Å². The van der Waals surface area contributed by atoms with Gasteiger partial charge in [-0.2, -0.15) is 8.42 Å². The minimum Gasteiger partial charge on any atom is -0.273 e. The molecular formula is C6H9O4PS. The van der Waals surface area contributed by atoms with E-state index in [-0.39, 0.29) is 6.61 Å². The van der Waals surface area contributed by atoms with Crippen molar-refractivity contribution in [3.8, 4) is 12.3 Å². The van der Waals surface area contributed by atoms with E-state index < -0.39 is 23.1 Å². The van der Waals surface area contributed by atoms with Crippen LogP contribution in [-0.4, -0.2) is 19.5 Å². The molecule has 4 nitrogen and oxygen atoms in total. The summed E-state index contributed by atoms with van der Waals surface area (Å²) in [4.78, 5) is 0. The minimum absolute atomic E-state index is 0.332. The van der Waals surface area contributed by atoms with Crippen molar-refractivity contribution in [2.75, 3.05) is 6.61 Å². The second-order valence-corrected chi connectivity index (χ2v) is 6.23. The summed E-state index contributed by atoms with van der Waals surface area (Å²) in [5, 5.41) is 0. The van der Waals surface area contributed by atoms with Crippen LogP contribution in [0.3, 0.4) is 0 Å². The highest BCUT2D eigenvalue weighted by Gasteiger charge is 2.36. The number of rotatable bonds is 4. The summed E-state index contributed by atoms with van der Waals surface area (Å²) in [6, 6.07) is 0. The summed E-state index contributed by atoms with van der Waals surface area (Å²) in [7, 11) is -4.36. The zero-order valence-corrected chi connectivity index (χ0v) is 8.48. The van der Waals surface area contributed by atoms with Gasteiger partial charge in [0.1, 0.15) is 6.61 Å². The Balaban J connectivity index is 4.65. The van der Waals surface area contributed by atoms with Crippen molar-refractivity contribution in [2.24, 2.45) is 0 Å². The smallest absolute Gasteiger partial charge is 0.273 e. The fraction of sp³-hybridized carbons (Fsp3) is 0.667. The number of hydrogen-bond acceptors (Lipinski definition) is 4. The third-order valence-corrected chi connectivity index (χ3v) is 4.11. The molecule has 0 saturated carbocycles. The average molecular weight is 208 g/mol. The van der Waals surface area contributed by atoms with Crippen LogP contribution in [0.4, 0.5) is 0 Å². The maximum atomic E-state index is 11.1. The molecule has 0 unspecified atom stereocenters. The second-order valence-electron chi connectivity index (χ2n) is 2.46. The largest absolute Gasteiger partial charge is 0.284 e. The van der Waals surface area contributed by atoms with E-state index in [1.807, 2.05) is 5.92 Å². The molecule has 0 aromatic carbocycles. The monoisotopic (exact) mass is 208 g/mol. The van der Waals surface area contributed by atoms with Crippen molar-refractivity contribution in [2.45, 2.75) is 18.3 Å². The van der Waals surface area contributed by atoms with Gasteiger partial charge < -0.3 is 0 Å². The van der Waals surface area contributed by atoms with Crippen molar-refractivity contribution in [1.82, 2.24) is 0 Å². The molecule has 0 atom stereocenters. The molecular weight excluding hydrogens is 199 g/mol. The van der Waals surface area contributed by atoms with Gasteiger partial charge in [0.25, 0.3) is 10.1 Å². The molecule has 0 amide bonds. The maximum Gasteiger partial charge on any atom is 0.284 e. The average Bonchev–Trinajstić information content (AvgIpc) is 2.00. The van der Waals surface area contributed by atoms with Crippen LogP contribution < -0.4 is 0 Å². The third-order valence-electron chi connectivity index (χ3n) is 1.13. The fourth-order valence-corrected chi connectivity index (χ4v) is 1.34. The standard InChI is InChI=1S/C6H9O4PS/c1-4-5-10-12(8,9)6(2,3)11-7/h1H,5H2,2-3H3. The highest BCUT2D eigenvalue weighted by molar-refractivity contribution is 7.92. The van der Waals surface area contributed by atoms with Crippen molar-refractivity contribution < 1.29 is 17.2 Å². The third kappa shape index (κ3) is 2.56. The second kappa shape index (κ2) is 3.99. The lowest BCUT2D eigenvalue weighted by atomic mass is 10.5. The first-order chi connectivity index (χ1) is 5.37. The van der Waals surface area contributed by atoms with Gasteiger partial charge in [-0.3, -0.25) is 8.75 Å². The van der Waals surface area contributed by atoms with Gasteiger partial charge >= 0.3 is 0 Å². The van der Waals surface area contributed by atoms with Crippen LogP contribution in [0, 0.1) is 12.3 Å². The first kappa shape index (κ1) is 11.6. The summed E-state index contributed by atoms with van der Waals surface area (Å²) in [6.45, 7) is 2.24. The Morgan fingerprint density at radius 2 is 2.08 bits per heavy atom. The molecule has 0 aliphatic carbocycles. The van der Waals surface area contributed by atoms with Crippen LogP contribution in [0.5, 0.6) is 0 Å². The van der Waals surface area contributed by atoms with E-state index in [1.165, 1.54) is 13.8 Å². The molecule has 0 fully saturated rings. The Labute approximate surface area is 73.6 Å². The van der Waals surface area contributed by atoms with Crippen LogP contribution in [0.15, 0.2) is 0 Å². The molecule has 0 aromatic heterocycles. The highest BCUT2D eigenvalue weighted by atomic mass is 32.2. The van der Waals surface area contributed by atoms with Crippen LogP contribution in [0.2, 0.25) is 0 Å². The van der Waals surface area contributed by atoms with E-state index in [2.05, 4.69) is 4.18 Å². The Morgan fingerprint density at radius 3 is 2.42 bits per heavy atom. The molecule has 68 valence electrons. The van der Waals surface area contributed by atoms with Gasteiger partial charge in [0.2, 0.25) is 0 Å². The first-order valence-corrected chi connectivity index (χ1v) is 5.26. The molecule has 0 aromatic rings. The van der Waals surface area contributed by atoms with Gasteiger partial charge in [0.15, 0.2) is 12.9 Å². The molecule has 0 spiro atoms. The van der Waals surface area contributed by atoms with Gasteiger partial charge in [-0.1, -0.05) is 5.92 Å². The van der Waals surface area contributed by atoms with Crippen LogP contribution in [0.1, 0.15) is 13.8 Å². The molecule has 0 aliphatic heterocycles. The quantitative estimate of drug-likeness (QED) is 0.392. The molecule has 0 aliphatic rings. The molecule has 0 saturated heterocycles. The van der Waals surface area contributed by atoms with Crippen molar-refractivity contribution in [3.05, 3.63) is 0 Å². The zero-order chi connectivity index (χ0) is 9.83. The van der Waals surface area contributed by atoms with Crippen molar-refractivity contribution >= 4 is 18.6 Å². The number of terminal acetylenes is 1. The molecule has 6 heteroatoms. The van der Waals surface area contributed by atoms with Crippen molar-refractivity contribution in [1.29, 1.82) is 0 Å². The first-order valence-electron chi connectivity index (χ1n) is 3.04. The van der Waals surface area contributed by atoms with Crippen molar-refractivity contribution in [3.63, 3.8) is 0 Å². The summed E-state index contributed by atoms with van der Waals surface area (Å²) in [6.07, 6.45) is 4.80. The Morgan fingerprint density at radius 1 is 1.58 bits per heavy atom. The molecule has 0 heterocycles. The fourth-order valence-electron chi connectivity index (χ4n) is 0.301. The topological polar surface area (TPSA) is 60.4 Å². The van der Waals surface area contributed by atoms with E-state index in [0.717, 1.165) is 0 Å². The lowest BCUT2D eigenvalue weighted by molar-refractivity contribution is 0.353. The Hall–Kier alpha value is -0.430. The summed E-state index contributed by atoms with van der Waals surface area (Å²) >= 11 is 0. The molecule has 0 N–H and O–H groups in total. The van der Waals surface area contributed by atoms with E-state index in [9.17, 15) is 13.0 Å². The Kier molecular flexibility index (Phi) is 3.85. The zero-order valence-electron chi connectivity index (χ0n) is 6.77. The van der Waals surface area contributed by atoms with E-state index in [4.69, 9.17) is 6.42 Å².